The van der Waals surface area contributed by atoms with Gasteiger partial charge >= 0.3 is 6.09 Å². The van der Waals surface area contributed by atoms with E-state index in [1.165, 1.54) is 6.20 Å². The second kappa shape index (κ2) is 6.25. The summed E-state index contributed by atoms with van der Waals surface area (Å²) in [5.74, 6) is 0.489. The Morgan fingerprint density at radius 1 is 1.37 bits per heavy atom. The number of halogens is 2. The van der Waals surface area contributed by atoms with Crippen LogP contribution in [0.5, 0.6) is 0 Å². The second-order valence-electron chi connectivity index (χ2n) is 4.49. The van der Waals surface area contributed by atoms with Gasteiger partial charge < -0.3 is 15.7 Å². The first-order valence-electron chi connectivity index (χ1n) is 5.98. The maximum Gasteiger partial charge on any atom is 0.404 e. The number of hydrogen-bond donors (Lipinski definition) is 3. The fraction of sp³-hybridized carbons (Fsp3) is 0.545. The maximum atomic E-state index is 10.6. The predicted molar refractivity (Wildman–Crippen MR) is 72.9 cm³/mol. The second-order valence-corrected chi connectivity index (χ2v) is 5.24. The summed E-state index contributed by atoms with van der Waals surface area (Å²) in [6, 6.07) is 0.0777. The molecule has 3 N–H and O–H groups in total. The Balaban J connectivity index is 1.98. The molecule has 0 aromatic carbocycles. The van der Waals surface area contributed by atoms with E-state index in [1.54, 1.807) is 0 Å². The van der Waals surface area contributed by atoms with Crippen molar-refractivity contribution in [3.05, 3.63) is 16.5 Å². The lowest BCUT2D eigenvalue weighted by Crippen LogP contribution is -2.41. The largest absolute Gasteiger partial charge is 0.465 e. The Kier molecular flexibility index (Phi) is 4.66. The number of carboxylic acid groups (broad SMARTS) is 1. The molecule has 1 aliphatic rings. The third-order valence-corrected chi connectivity index (χ3v) is 3.52. The van der Waals surface area contributed by atoms with Crippen LogP contribution in [0.25, 0.3) is 0 Å². The molecule has 0 aliphatic heterocycles. The normalized spacial score (nSPS) is 22.8. The first kappa shape index (κ1) is 14.1. The maximum absolute atomic E-state index is 10.6. The fourth-order valence-electron chi connectivity index (χ4n) is 2.27. The number of anilines is 1. The summed E-state index contributed by atoms with van der Waals surface area (Å²) >= 11 is 11.7. The van der Waals surface area contributed by atoms with Crippen LogP contribution in [0.4, 0.5) is 10.6 Å². The SMILES string of the molecule is O=C(O)N[C@H]1CCC[C@@H](Nc2nc(Cl)ncc2Cl)C1. The highest BCUT2D eigenvalue weighted by Gasteiger charge is 2.24. The number of carbonyl (C=O) groups is 1. The van der Waals surface area contributed by atoms with Gasteiger partial charge in [0.2, 0.25) is 5.28 Å². The Hall–Kier alpha value is -1.27. The van der Waals surface area contributed by atoms with Crippen LogP contribution in [0.3, 0.4) is 0 Å². The van der Waals surface area contributed by atoms with Crippen molar-refractivity contribution in [3.63, 3.8) is 0 Å². The molecule has 6 nitrogen and oxygen atoms in total. The first-order chi connectivity index (χ1) is 9.04. The monoisotopic (exact) mass is 304 g/mol. The molecule has 0 spiro atoms. The molecule has 0 unspecified atom stereocenters. The summed E-state index contributed by atoms with van der Waals surface area (Å²) in [4.78, 5) is 18.4. The summed E-state index contributed by atoms with van der Waals surface area (Å²) in [6.07, 6.45) is 3.88. The molecule has 2 atom stereocenters. The molecule has 0 radical (unpaired) electrons. The van der Waals surface area contributed by atoms with Gasteiger partial charge in [-0.1, -0.05) is 11.6 Å². The smallest absolute Gasteiger partial charge is 0.404 e. The van der Waals surface area contributed by atoms with Crippen molar-refractivity contribution < 1.29 is 9.90 Å². The van der Waals surface area contributed by atoms with Gasteiger partial charge in [-0.25, -0.2) is 9.78 Å². The Labute approximate surface area is 120 Å². The van der Waals surface area contributed by atoms with Crippen LogP contribution in [-0.4, -0.2) is 33.3 Å². The minimum Gasteiger partial charge on any atom is -0.465 e. The molecule has 1 saturated carbocycles. The van der Waals surface area contributed by atoms with E-state index >= 15 is 0 Å². The average molecular weight is 305 g/mol. The average Bonchev–Trinajstić information content (AvgIpc) is 2.33. The van der Waals surface area contributed by atoms with Crippen molar-refractivity contribution in [2.45, 2.75) is 37.8 Å². The summed E-state index contributed by atoms with van der Waals surface area (Å²) in [5, 5.41) is 15.0. The third-order valence-electron chi connectivity index (χ3n) is 3.06. The van der Waals surface area contributed by atoms with Gasteiger partial charge in [0.1, 0.15) is 10.8 Å². The quantitative estimate of drug-likeness (QED) is 0.747. The molecule has 1 heterocycles. The predicted octanol–water partition coefficient (Wildman–Crippen LogP) is 2.77. The van der Waals surface area contributed by atoms with Crippen LogP contribution < -0.4 is 10.6 Å². The highest BCUT2D eigenvalue weighted by Crippen LogP contribution is 2.25. The zero-order valence-electron chi connectivity index (χ0n) is 10.1. The molecule has 0 saturated heterocycles. The van der Waals surface area contributed by atoms with Gasteiger partial charge in [-0.2, -0.15) is 4.98 Å². The van der Waals surface area contributed by atoms with E-state index in [1.807, 2.05) is 0 Å². The molecule has 1 aromatic rings. The summed E-state index contributed by atoms with van der Waals surface area (Å²) < 4.78 is 0. The number of hydrogen-bond acceptors (Lipinski definition) is 4. The van der Waals surface area contributed by atoms with Crippen molar-refractivity contribution in [1.82, 2.24) is 15.3 Å². The van der Waals surface area contributed by atoms with Crippen LogP contribution in [0.1, 0.15) is 25.7 Å². The molecule has 19 heavy (non-hydrogen) atoms. The lowest BCUT2D eigenvalue weighted by Gasteiger charge is -2.30. The van der Waals surface area contributed by atoms with Crippen LogP contribution in [0, 0.1) is 0 Å². The van der Waals surface area contributed by atoms with Crippen molar-refractivity contribution in [3.8, 4) is 0 Å². The van der Waals surface area contributed by atoms with Gasteiger partial charge in [-0.05, 0) is 37.3 Å². The van der Waals surface area contributed by atoms with Crippen LogP contribution in [-0.2, 0) is 0 Å². The van der Waals surface area contributed by atoms with Gasteiger partial charge in [-0.15, -0.1) is 0 Å². The van der Waals surface area contributed by atoms with Crippen LogP contribution in [0.2, 0.25) is 10.3 Å². The highest BCUT2D eigenvalue weighted by molar-refractivity contribution is 6.33. The van der Waals surface area contributed by atoms with E-state index in [0.717, 1.165) is 19.3 Å². The molecule has 1 amide bonds. The molecule has 0 bridgehead atoms. The zero-order chi connectivity index (χ0) is 13.8. The highest BCUT2D eigenvalue weighted by atomic mass is 35.5. The standard InChI is InChI=1S/C11H14Cl2N4O2/c12-8-5-14-10(13)17-9(8)15-6-2-1-3-7(4-6)16-11(18)19/h5-7,16H,1-4H2,(H,18,19)(H,14,15,17)/t6-,7+/m1/s1. The molecule has 1 aromatic heterocycles. The minimum atomic E-state index is -0.992. The lowest BCUT2D eigenvalue weighted by atomic mass is 9.91. The van der Waals surface area contributed by atoms with E-state index in [4.69, 9.17) is 28.3 Å². The Bertz CT molecular complexity index is 472. The number of aromatic nitrogens is 2. The molecular weight excluding hydrogens is 291 g/mol. The molecule has 104 valence electrons. The van der Waals surface area contributed by atoms with E-state index in [-0.39, 0.29) is 17.4 Å². The Morgan fingerprint density at radius 2 is 2.11 bits per heavy atom. The molecule has 1 fully saturated rings. The summed E-state index contributed by atoms with van der Waals surface area (Å²) in [7, 11) is 0. The van der Waals surface area contributed by atoms with E-state index in [2.05, 4.69) is 20.6 Å². The van der Waals surface area contributed by atoms with Crippen LogP contribution >= 0.6 is 23.2 Å². The van der Waals surface area contributed by atoms with E-state index < -0.39 is 6.09 Å². The topological polar surface area (TPSA) is 87.1 Å². The van der Waals surface area contributed by atoms with Gasteiger partial charge in [-0.3, -0.25) is 0 Å². The Morgan fingerprint density at radius 3 is 2.84 bits per heavy atom. The molecule has 8 heteroatoms. The van der Waals surface area contributed by atoms with Crippen molar-refractivity contribution in [2.24, 2.45) is 0 Å². The first-order valence-corrected chi connectivity index (χ1v) is 6.74. The van der Waals surface area contributed by atoms with Gasteiger partial charge in [0.15, 0.2) is 0 Å². The number of rotatable bonds is 3. The molecule has 2 rings (SSSR count). The van der Waals surface area contributed by atoms with Gasteiger partial charge in [0.25, 0.3) is 0 Å². The summed E-state index contributed by atoms with van der Waals surface area (Å²) in [5.41, 5.74) is 0. The molecule has 1 aliphatic carbocycles. The molecular formula is C11H14Cl2N4O2. The third kappa shape index (κ3) is 4.11. The lowest BCUT2D eigenvalue weighted by molar-refractivity contribution is 0.185. The number of nitrogens with zero attached hydrogens (tertiary/aromatic N) is 2. The minimum absolute atomic E-state index is 0.0418. The van der Waals surface area contributed by atoms with Gasteiger partial charge in [0, 0.05) is 12.1 Å². The fourth-order valence-corrected chi connectivity index (χ4v) is 2.55. The van der Waals surface area contributed by atoms with E-state index in [0.29, 0.717) is 17.3 Å². The van der Waals surface area contributed by atoms with Crippen molar-refractivity contribution in [2.75, 3.05) is 5.32 Å². The van der Waals surface area contributed by atoms with Crippen molar-refractivity contribution in [1.29, 1.82) is 0 Å². The van der Waals surface area contributed by atoms with Gasteiger partial charge in [0.05, 0.1) is 6.20 Å². The number of amides is 1. The van der Waals surface area contributed by atoms with Crippen LogP contribution in [0.15, 0.2) is 6.20 Å². The van der Waals surface area contributed by atoms with E-state index in [9.17, 15) is 4.79 Å². The zero-order valence-corrected chi connectivity index (χ0v) is 11.6. The number of nitrogens with one attached hydrogen (secondary N) is 2. The summed E-state index contributed by atoms with van der Waals surface area (Å²) in [6.45, 7) is 0. The van der Waals surface area contributed by atoms with Crippen molar-refractivity contribution >= 4 is 35.1 Å².